The van der Waals surface area contributed by atoms with Crippen molar-refractivity contribution in [3.8, 4) is 0 Å². The normalized spacial score (nSPS) is 17.5. The number of aryl methyl sites for hydroxylation is 1. The van der Waals surface area contributed by atoms with Crippen molar-refractivity contribution in [2.45, 2.75) is 32.2 Å². The highest BCUT2D eigenvalue weighted by Crippen LogP contribution is 2.08. The molecule has 0 bridgehead atoms. The van der Waals surface area contributed by atoms with Gasteiger partial charge in [0.05, 0.1) is 6.20 Å². The van der Waals surface area contributed by atoms with Gasteiger partial charge in [0.1, 0.15) is 0 Å². The van der Waals surface area contributed by atoms with E-state index in [9.17, 15) is 0 Å². The lowest BCUT2D eigenvalue weighted by molar-refractivity contribution is 0.225. The summed E-state index contributed by atoms with van der Waals surface area (Å²) in [6, 6.07) is 0. The van der Waals surface area contributed by atoms with Crippen LogP contribution >= 0.6 is 0 Å². The van der Waals surface area contributed by atoms with Gasteiger partial charge in [0.2, 0.25) is 0 Å². The zero-order valence-electron chi connectivity index (χ0n) is 10.9. The molecule has 2 heterocycles. The Bertz CT molecular complexity index is 315. The van der Waals surface area contributed by atoms with E-state index in [4.69, 9.17) is 0 Å². The summed E-state index contributed by atoms with van der Waals surface area (Å²) in [5.74, 6) is 0. The molecule has 0 aliphatic carbocycles. The van der Waals surface area contributed by atoms with E-state index in [0.29, 0.717) is 0 Å². The largest absolute Gasteiger partial charge is 0.313 e. The molecular weight excluding hydrogens is 212 g/mol. The first kappa shape index (κ1) is 12.6. The highest BCUT2D eigenvalue weighted by atomic mass is 15.2. The molecule has 1 saturated heterocycles. The number of hydrogen-bond acceptors (Lipinski definition) is 3. The molecule has 1 aliphatic heterocycles. The quantitative estimate of drug-likeness (QED) is 0.758. The van der Waals surface area contributed by atoms with Crippen LogP contribution < -0.4 is 5.32 Å². The highest BCUT2D eigenvalue weighted by Gasteiger charge is 2.08. The molecule has 4 heteroatoms. The van der Waals surface area contributed by atoms with Crippen LogP contribution in [-0.2, 0) is 13.6 Å². The lowest BCUT2D eigenvalue weighted by atomic mass is 10.1. The average molecular weight is 236 g/mol. The van der Waals surface area contributed by atoms with Gasteiger partial charge in [-0.1, -0.05) is 6.42 Å². The van der Waals surface area contributed by atoms with E-state index in [0.717, 1.165) is 13.1 Å². The topological polar surface area (TPSA) is 33.1 Å². The lowest BCUT2D eigenvalue weighted by Crippen LogP contribution is -2.32. The molecule has 4 nitrogen and oxygen atoms in total. The zero-order valence-corrected chi connectivity index (χ0v) is 10.9. The Hall–Kier alpha value is -0.870. The van der Waals surface area contributed by atoms with Crippen molar-refractivity contribution in [3.63, 3.8) is 0 Å². The van der Waals surface area contributed by atoms with Crippen molar-refractivity contribution in [2.24, 2.45) is 7.05 Å². The predicted octanol–water partition coefficient (Wildman–Crippen LogP) is 1.39. The second-order valence-electron chi connectivity index (χ2n) is 4.95. The summed E-state index contributed by atoms with van der Waals surface area (Å²) < 4.78 is 1.85. The molecule has 0 unspecified atom stereocenters. The molecular formula is C13H24N4. The van der Waals surface area contributed by atoms with Crippen LogP contribution in [0.3, 0.4) is 0 Å². The van der Waals surface area contributed by atoms with Gasteiger partial charge in [-0.2, -0.15) is 5.10 Å². The average Bonchev–Trinajstić information content (AvgIpc) is 2.76. The number of piperidine rings is 1. The molecule has 0 saturated carbocycles. The number of likely N-dealkylation sites (tertiary alicyclic amines) is 1. The van der Waals surface area contributed by atoms with E-state index in [1.54, 1.807) is 0 Å². The molecule has 1 aliphatic rings. The maximum absolute atomic E-state index is 4.16. The van der Waals surface area contributed by atoms with Gasteiger partial charge >= 0.3 is 0 Å². The molecule has 0 aromatic carbocycles. The molecule has 17 heavy (non-hydrogen) atoms. The van der Waals surface area contributed by atoms with Crippen LogP contribution in [0.15, 0.2) is 12.4 Å². The van der Waals surface area contributed by atoms with Gasteiger partial charge in [-0.05, 0) is 45.4 Å². The summed E-state index contributed by atoms with van der Waals surface area (Å²) in [6.45, 7) is 5.91. The summed E-state index contributed by atoms with van der Waals surface area (Å²) in [7, 11) is 1.96. The van der Waals surface area contributed by atoms with Crippen LogP contribution in [0.25, 0.3) is 0 Å². The second-order valence-corrected chi connectivity index (χ2v) is 4.95. The summed E-state index contributed by atoms with van der Waals surface area (Å²) >= 11 is 0. The lowest BCUT2D eigenvalue weighted by Gasteiger charge is -2.26. The van der Waals surface area contributed by atoms with Gasteiger partial charge in [0, 0.05) is 25.4 Å². The molecule has 2 rings (SSSR count). The Balaban J connectivity index is 1.51. The molecule has 0 amide bonds. The van der Waals surface area contributed by atoms with Crippen molar-refractivity contribution in [1.82, 2.24) is 20.0 Å². The van der Waals surface area contributed by atoms with Gasteiger partial charge in [-0.15, -0.1) is 0 Å². The summed E-state index contributed by atoms with van der Waals surface area (Å²) in [4.78, 5) is 2.59. The zero-order chi connectivity index (χ0) is 11.9. The highest BCUT2D eigenvalue weighted by molar-refractivity contribution is 5.02. The van der Waals surface area contributed by atoms with Crippen molar-refractivity contribution >= 4 is 0 Å². The fourth-order valence-electron chi connectivity index (χ4n) is 2.41. The van der Waals surface area contributed by atoms with E-state index in [1.165, 1.54) is 50.9 Å². The number of aromatic nitrogens is 2. The molecule has 1 fully saturated rings. The van der Waals surface area contributed by atoms with E-state index in [-0.39, 0.29) is 0 Å². The summed E-state index contributed by atoms with van der Waals surface area (Å²) in [5, 5.41) is 7.63. The van der Waals surface area contributed by atoms with Crippen molar-refractivity contribution in [2.75, 3.05) is 26.2 Å². The Morgan fingerprint density at radius 1 is 1.29 bits per heavy atom. The summed E-state index contributed by atoms with van der Waals surface area (Å²) in [5.41, 5.74) is 1.27. The van der Waals surface area contributed by atoms with Gasteiger partial charge in [0.15, 0.2) is 0 Å². The van der Waals surface area contributed by atoms with Crippen LogP contribution in [0.5, 0.6) is 0 Å². The number of nitrogens with one attached hydrogen (secondary N) is 1. The first-order chi connectivity index (χ1) is 8.34. The molecule has 1 aromatic heterocycles. The smallest absolute Gasteiger partial charge is 0.0534 e. The Morgan fingerprint density at radius 3 is 2.82 bits per heavy atom. The number of hydrogen-bond donors (Lipinski definition) is 1. The van der Waals surface area contributed by atoms with Crippen molar-refractivity contribution < 1.29 is 0 Å². The molecule has 1 aromatic rings. The third-order valence-electron chi connectivity index (χ3n) is 3.36. The third-order valence-corrected chi connectivity index (χ3v) is 3.36. The predicted molar refractivity (Wildman–Crippen MR) is 69.8 cm³/mol. The van der Waals surface area contributed by atoms with Crippen LogP contribution in [0.1, 0.15) is 31.2 Å². The number of nitrogens with zero attached hydrogens (tertiary/aromatic N) is 3. The molecule has 0 spiro atoms. The minimum Gasteiger partial charge on any atom is -0.313 e. The first-order valence-corrected chi connectivity index (χ1v) is 6.75. The number of rotatable bonds is 6. The molecule has 0 atom stereocenters. The Kier molecular flexibility index (Phi) is 5.01. The minimum absolute atomic E-state index is 0.938. The Labute approximate surface area is 104 Å². The van der Waals surface area contributed by atoms with Crippen LogP contribution in [0.2, 0.25) is 0 Å². The van der Waals surface area contributed by atoms with E-state index in [1.807, 2.05) is 17.9 Å². The first-order valence-electron chi connectivity index (χ1n) is 6.75. The SMILES string of the molecule is Cn1cc(CNCCCN2CCCCC2)cn1. The Morgan fingerprint density at radius 2 is 2.12 bits per heavy atom. The fourth-order valence-corrected chi connectivity index (χ4v) is 2.41. The van der Waals surface area contributed by atoms with Gasteiger partial charge in [-0.25, -0.2) is 0 Å². The van der Waals surface area contributed by atoms with E-state index >= 15 is 0 Å². The van der Waals surface area contributed by atoms with Gasteiger partial charge in [-0.3, -0.25) is 4.68 Å². The van der Waals surface area contributed by atoms with Crippen molar-refractivity contribution in [1.29, 1.82) is 0 Å². The van der Waals surface area contributed by atoms with Crippen molar-refractivity contribution in [3.05, 3.63) is 18.0 Å². The third kappa shape index (κ3) is 4.48. The standard InChI is InChI=1S/C13H24N4/c1-16-12-13(11-15-16)10-14-6-5-9-17-7-3-2-4-8-17/h11-12,14H,2-10H2,1H3. The van der Waals surface area contributed by atoms with Gasteiger partial charge < -0.3 is 10.2 Å². The maximum atomic E-state index is 4.16. The van der Waals surface area contributed by atoms with E-state index in [2.05, 4.69) is 21.5 Å². The fraction of sp³-hybridized carbons (Fsp3) is 0.769. The minimum atomic E-state index is 0.938. The molecule has 1 N–H and O–H groups in total. The van der Waals surface area contributed by atoms with Crippen LogP contribution in [-0.4, -0.2) is 40.9 Å². The van der Waals surface area contributed by atoms with Crippen LogP contribution in [0, 0.1) is 0 Å². The second kappa shape index (κ2) is 6.77. The molecule has 0 radical (unpaired) electrons. The maximum Gasteiger partial charge on any atom is 0.0534 e. The monoisotopic (exact) mass is 236 g/mol. The van der Waals surface area contributed by atoms with E-state index < -0.39 is 0 Å². The summed E-state index contributed by atoms with van der Waals surface area (Å²) in [6.07, 6.45) is 9.46. The molecule has 96 valence electrons. The van der Waals surface area contributed by atoms with Crippen LogP contribution in [0.4, 0.5) is 0 Å². The van der Waals surface area contributed by atoms with Gasteiger partial charge in [0.25, 0.3) is 0 Å².